The summed E-state index contributed by atoms with van der Waals surface area (Å²) in [5.41, 5.74) is 4.80. The number of carbonyl (C=O) groups excluding carboxylic acids is 1. The van der Waals surface area contributed by atoms with Crippen molar-refractivity contribution < 1.29 is 4.79 Å². The molecule has 0 spiro atoms. The van der Waals surface area contributed by atoms with E-state index in [4.69, 9.17) is 0 Å². The van der Waals surface area contributed by atoms with Crippen LogP contribution in [0.5, 0.6) is 0 Å². The van der Waals surface area contributed by atoms with Crippen molar-refractivity contribution >= 4 is 23.4 Å². The summed E-state index contributed by atoms with van der Waals surface area (Å²) in [4.78, 5) is 17.1. The normalized spacial score (nSPS) is 14.3. The molecule has 4 rings (SSSR count). The van der Waals surface area contributed by atoms with Crippen molar-refractivity contribution in [1.82, 2.24) is 19.7 Å². The zero-order valence-corrected chi connectivity index (χ0v) is 19.2. The van der Waals surface area contributed by atoms with Crippen molar-refractivity contribution in [2.24, 2.45) is 0 Å². The lowest BCUT2D eigenvalue weighted by Gasteiger charge is -2.36. The Labute approximate surface area is 188 Å². The molecule has 0 saturated carbocycles. The number of aryl methyl sites for hydroxylation is 1. The van der Waals surface area contributed by atoms with Crippen molar-refractivity contribution in [3.63, 3.8) is 0 Å². The Morgan fingerprint density at radius 1 is 1.03 bits per heavy atom. The Bertz CT molecular complexity index is 1020. The molecule has 1 saturated heterocycles. The van der Waals surface area contributed by atoms with Gasteiger partial charge < -0.3 is 9.80 Å². The van der Waals surface area contributed by atoms with Crippen molar-refractivity contribution in [2.45, 2.75) is 31.8 Å². The van der Waals surface area contributed by atoms with Gasteiger partial charge in [0.15, 0.2) is 5.16 Å². The first-order valence-electron chi connectivity index (χ1n) is 10.7. The number of nitrogens with zero attached hydrogens (tertiary/aromatic N) is 5. The molecule has 2 heterocycles. The van der Waals surface area contributed by atoms with E-state index >= 15 is 0 Å². The Kier molecular flexibility index (Phi) is 6.61. The van der Waals surface area contributed by atoms with Crippen LogP contribution < -0.4 is 4.90 Å². The average molecular weight is 436 g/mol. The first-order chi connectivity index (χ1) is 15.0. The lowest BCUT2D eigenvalue weighted by Crippen LogP contribution is -2.49. The summed E-state index contributed by atoms with van der Waals surface area (Å²) >= 11 is 1.44. The highest BCUT2D eigenvalue weighted by atomic mass is 32.2. The SMILES string of the molecule is Cc1cccc(N2CCN(C(=O)CSc3nncn3-c3ccc(C(C)C)cc3)CC2)c1. The largest absolute Gasteiger partial charge is 0.368 e. The smallest absolute Gasteiger partial charge is 0.233 e. The Hall–Kier alpha value is -2.80. The minimum atomic E-state index is 0.151. The van der Waals surface area contributed by atoms with Gasteiger partial charge in [0, 0.05) is 37.6 Å². The number of hydrogen-bond acceptors (Lipinski definition) is 5. The highest BCUT2D eigenvalue weighted by Crippen LogP contribution is 2.23. The van der Waals surface area contributed by atoms with Gasteiger partial charge in [-0.25, -0.2) is 0 Å². The number of carbonyl (C=O) groups is 1. The maximum atomic E-state index is 12.8. The molecule has 1 aromatic heterocycles. The van der Waals surface area contributed by atoms with Crippen LogP contribution in [0.2, 0.25) is 0 Å². The zero-order chi connectivity index (χ0) is 21.8. The number of thioether (sulfide) groups is 1. The first-order valence-corrected chi connectivity index (χ1v) is 11.7. The molecule has 162 valence electrons. The van der Waals surface area contributed by atoms with E-state index in [0.717, 1.165) is 37.0 Å². The third-order valence-electron chi connectivity index (χ3n) is 5.68. The molecule has 6 nitrogen and oxygen atoms in total. The molecule has 1 aliphatic rings. The summed E-state index contributed by atoms with van der Waals surface area (Å²) in [6, 6.07) is 17.0. The van der Waals surface area contributed by atoms with Gasteiger partial charge in [0.1, 0.15) is 6.33 Å². The first kappa shape index (κ1) is 21.4. The van der Waals surface area contributed by atoms with Crippen molar-refractivity contribution in [3.05, 3.63) is 66.0 Å². The number of rotatable bonds is 6. The van der Waals surface area contributed by atoms with E-state index in [-0.39, 0.29) is 5.91 Å². The van der Waals surface area contributed by atoms with E-state index in [0.29, 0.717) is 11.7 Å². The third-order valence-corrected chi connectivity index (χ3v) is 6.61. The second-order valence-corrected chi connectivity index (χ2v) is 9.17. The molecular formula is C24H29N5OS. The fourth-order valence-corrected chi connectivity index (χ4v) is 4.61. The van der Waals surface area contributed by atoms with Gasteiger partial charge in [-0.2, -0.15) is 0 Å². The number of amides is 1. The standard InChI is InChI=1S/C24H29N5OS/c1-18(2)20-7-9-21(10-8-20)29-17-25-26-24(29)31-16-23(30)28-13-11-27(12-14-28)22-6-4-5-19(3)15-22/h4-10,15,17-18H,11-14,16H2,1-3H3. The highest BCUT2D eigenvalue weighted by molar-refractivity contribution is 7.99. The monoisotopic (exact) mass is 435 g/mol. The molecule has 0 N–H and O–H groups in total. The fraction of sp³-hybridized carbons (Fsp3) is 0.375. The maximum absolute atomic E-state index is 12.8. The van der Waals surface area contributed by atoms with Crippen molar-refractivity contribution in [3.8, 4) is 5.69 Å². The topological polar surface area (TPSA) is 54.3 Å². The molecule has 0 aliphatic carbocycles. The van der Waals surface area contributed by atoms with Gasteiger partial charge in [-0.15, -0.1) is 10.2 Å². The van der Waals surface area contributed by atoms with Crippen LogP contribution >= 0.6 is 11.8 Å². The predicted octanol–water partition coefficient (Wildman–Crippen LogP) is 4.14. The highest BCUT2D eigenvalue weighted by Gasteiger charge is 2.22. The van der Waals surface area contributed by atoms with E-state index < -0.39 is 0 Å². The summed E-state index contributed by atoms with van der Waals surface area (Å²) in [5, 5.41) is 9.02. The molecule has 1 aliphatic heterocycles. The number of anilines is 1. The van der Waals surface area contributed by atoms with E-state index in [1.165, 1.54) is 28.6 Å². The molecule has 0 radical (unpaired) electrons. The van der Waals surface area contributed by atoms with Gasteiger partial charge in [-0.05, 0) is 48.2 Å². The molecule has 7 heteroatoms. The van der Waals surface area contributed by atoms with Gasteiger partial charge in [0.05, 0.1) is 5.75 Å². The van der Waals surface area contributed by atoms with Gasteiger partial charge in [-0.1, -0.05) is 49.9 Å². The Morgan fingerprint density at radius 3 is 2.45 bits per heavy atom. The zero-order valence-electron chi connectivity index (χ0n) is 18.4. The van der Waals surface area contributed by atoms with E-state index in [1.807, 2.05) is 9.47 Å². The van der Waals surface area contributed by atoms with Crippen LogP contribution in [0.3, 0.4) is 0 Å². The van der Waals surface area contributed by atoms with Crippen LogP contribution in [0.4, 0.5) is 5.69 Å². The second-order valence-electron chi connectivity index (χ2n) is 8.23. The summed E-state index contributed by atoms with van der Waals surface area (Å²) in [7, 11) is 0. The van der Waals surface area contributed by atoms with Crippen LogP contribution in [0, 0.1) is 6.92 Å². The van der Waals surface area contributed by atoms with Crippen molar-refractivity contribution in [2.75, 3.05) is 36.8 Å². The van der Waals surface area contributed by atoms with Crippen LogP contribution in [-0.2, 0) is 4.79 Å². The summed E-state index contributed by atoms with van der Waals surface area (Å²) in [6.07, 6.45) is 1.71. The molecule has 31 heavy (non-hydrogen) atoms. The third kappa shape index (κ3) is 5.10. The summed E-state index contributed by atoms with van der Waals surface area (Å²) in [5.74, 6) is 1.01. The molecule has 3 aromatic rings. The average Bonchev–Trinajstić information content (AvgIpc) is 3.26. The second kappa shape index (κ2) is 9.56. The number of benzene rings is 2. The van der Waals surface area contributed by atoms with Gasteiger partial charge in [0.2, 0.25) is 5.91 Å². The summed E-state index contributed by atoms with van der Waals surface area (Å²) < 4.78 is 1.94. The summed E-state index contributed by atoms with van der Waals surface area (Å²) in [6.45, 7) is 9.69. The van der Waals surface area contributed by atoms with Crippen LogP contribution in [0.15, 0.2) is 60.0 Å². The molecule has 0 atom stereocenters. The number of hydrogen-bond donors (Lipinski definition) is 0. The number of aromatic nitrogens is 3. The molecule has 1 fully saturated rings. The van der Waals surface area contributed by atoms with E-state index in [1.54, 1.807) is 6.33 Å². The van der Waals surface area contributed by atoms with Crippen LogP contribution in [0.1, 0.15) is 30.9 Å². The van der Waals surface area contributed by atoms with E-state index in [2.05, 4.69) is 84.4 Å². The van der Waals surface area contributed by atoms with Crippen LogP contribution in [0.25, 0.3) is 5.69 Å². The Balaban J connectivity index is 1.32. The van der Waals surface area contributed by atoms with Crippen molar-refractivity contribution in [1.29, 1.82) is 0 Å². The van der Waals surface area contributed by atoms with Crippen LogP contribution in [-0.4, -0.2) is 57.5 Å². The maximum Gasteiger partial charge on any atom is 0.233 e. The fourth-order valence-electron chi connectivity index (χ4n) is 3.78. The minimum absolute atomic E-state index is 0.151. The molecular weight excluding hydrogens is 406 g/mol. The quantitative estimate of drug-likeness (QED) is 0.545. The molecule has 2 aromatic carbocycles. The van der Waals surface area contributed by atoms with E-state index in [9.17, 15) is 4.79 Å². The lowest BCUT2D eigenvalue weighted by atomic mass is 10.0. The minimum Gasteiger partial charge on any atom is -0.368 e. The lowest BCUT2D eigenvalue weighted by molar-refractivity contribution is -0.128. The molecule has 0 bridgehead atoms. The molecule has 0 unspecified atom stereocenters. The van der Waals surface area contributed by atoms with Gasteiger partial charge >= 0.3 is 0 Å². The van der Waals surface area contributed by atoms with Gasteiger partial charge in [0.25, 0.3) is 0 Å². The number of piperazine rings is 1. The predicted molar refractivity (Wildman–Crippen MR) is 126 cm³/mol. The van der Waals surface area contributed by atoms with Gasteiger partial charge in [-0.3, -0.25) is 9.36 Å². The Morgan fingerprint density at radius 2 is 1.77 bits per heavy atom. The molecule has 1 amide bonds.